The second-order valence-corrected chi connectivity index (χ2v) is 4.82. The fraction of sp³-hybridized carbons (Fsp3) is 0.538. The summed E-state index contributed by atoms with van der Waals surface area (Å²) < 4.78 is 18.6. The summed E-state index contributed by atoms with van der Waals surface area (Å²) in [6.07, 6.45) is 4.44. The van der Waals surface area contributed by atoms with Crippen LogP contribution in [0, 0.1) is 5.82 Å². The number of ether oxygens (including phenoxy) is 1. The van der Waals surface area contributed by atoms with Gasteiger partial charge in [0.1, 0.15) is 16.6 Å². The molecule has 4 heteroatoms. The van der Waals surface area contributed by atoms with Gasteiger partial charge in [-0.05, 0) is 43.5 Å². The molecule has 1 N–H and O–H groups in total. The maximum atomic E-state index is 13.5. The van der Waals surface area contributed by atoms with Crippen molar-refractivity contribution in [3.05, 3.63) is 28.5 Å². The quantitative estimate of drug-likeness (QED) is 0.898. The minimum absolute atomic E-state index is 0.0628. The molecule has 1 aliphatic rings. The Morgan fingerprint density at radius 1 is 1.47 bits per heavy atom. The normalized spacial score (nSPS) is 20.3. The summed E-state index contributed by atoms with van der Waals surface area (Å²) in [5, 5.41) is 3.51. The largest absolute Gasteiger partial charge is 0.495 e. The summed E-state index contributed by atoms with van der Waals surface area (Å²) in [6.45, 7) is 1.05. The van der Waals surface area contributed by atoms with Crippen molar-refractivity contribution in [2.24, 2.45) is 0 Å². The Morgan fingerprint density at radius 3 is 2.94 bits per heavy atom. The molecule has 0 bridgehead atoms. The van der Waals surface area contributed by atoms with Gasteiger partial charge in [-0.25, -0.2) is 4.39 Å². The molecule has 1 saturated heterocycles. The molecule has 1 aromatic rings. The van der Waals surface area contributed by atoms with Crippen LogP contribution in [0.5, 0.6) is 5.75 Å². The zero-order valence-electron chi connectivity index (χ0n) is 9.93. The van der Waals surface area contributed by atoms with Crippen molar-refractivity contribution < 1.29 is 9.13 Å². The zero-order chi connectivity index (χ0) is 12.3. The second-order valence-electron chi connectivity index (χ2n) is 4.44. The average Bonchev–Trinajstić information content (AvgIpc) is 2.35. The lowest BCUT2D eigenvalue weighted by molar-refractivity contribution is 0.394. The molecule has 0 aliphatic carbocycles. The van der Waals surface area contributed by atoms with E-state index in [-0.39, 0.29) is 5.02 Å². The molecule has 1 fully saturated rings. The fourth-order valence-corrected chi connectivity index (χ4v) is 2.45. The molecule has 94 valence electrons. The molecule has 0 radical (unpaired) electrons. The van der Waals surface area contributed by atoms with Gasteiger partial charge in [0.15, 0.2) is 0 Å². The lowest BCUT2D eigenvalue weighted by Gasteiger charge is -2.23. The smallest absolute Gasteiger partial charge is 0.145 e. The molecule has 0 spiro atoms. The van der Waals surface area contributed by atoms with Crippen molar-refractivity contribution in [1.82, 2.24) is 5.32 Å². The third kappa shape index (κ3) is 3.11. The Labute approximate surface area is 106 Å². The van der Waals surface area contributed by atoms with Crippen LogP contribution in [0.3, 0.4) is 0 Å². The van der Waals surface area contributed by atoms with Gasteiger partial charge >= 0.3 is 0 Å². The highest BCUT2D eigenvalue weighted by Crippen LogP contribution is 2.29. The van der Waals surface area contributed by atoms with Crippen LogP contribution in [0.2, 0.25) is 5.02 Å². The Bertz CT molecular complexity index is 391. The fourth-order valence-electron chi connectivity index (χ4n) is 2.27. The molecule has 2 nitrogen and oxygen atoms in total. The van der Waals surface area contributed by atoms with Gasteiger partial charge in [0, 0.05) is 6.04 Å². The van der Waals surface area contributed by atoms with Gasteiger partial charge in [-0.3, -0.25) is 0 Å². The Balaban J connectivity index is 2.12. The number of methoxy groups -OCH3 is 1. The van der Waals surface area contributed by atoms with Gasteiger partial charge in [0.05, 0.1) is 7.11 Å². The van der Waals surface area contributed by atoms with E-state index in [0.29, 0.717) is 11.8 Å². The number of rotatable bonds is 3. The van der Waals surface area contributed by atoms with Crippen molar-refractivity contribution in [2.45, 2.75) is 31.7 Å². The van der Waals surface area contributed by atoms with Crippen molar-refractivity contribution in [3.63, 3.8) is 0 Å². The first-order chi connectivity index (χ1) is 8.20. The molecule has 0 amide bonds. The molecule has 17 heavy (non-hydrogen) atoms. The first kappa shape index (κ1) is 12.7. The van der Waals surface area contributed by atoms with Crippen LogP contribution in [0.15, 0.2) is 12.1 Å². The SMILES string of the molecule is COc1cc(CC2CCCCN2)cc(F)c1Cl. The van der Waals surface area contributed by atoms with E-state index in [1.165, 1.54) is 26.0 Å². The molecule has 1 heterocycles. The van der Waals surface area contributed by atoms with Gasteiger partial charge in [0.2, 0.25) is 0 Å². The van der Waals surface area contributed by atoms with Crippen molar-refractivity contribution >= 4 is 11.6 Å². The highest BCUT2D eigenvalue weighted by molar-refractivity contribution is 6.32. The topological polar surface area (TPSA) is 21.3 Å². The summed E-state index contributed by atoms with van der Waals surface area (Å²) in [4.78, 5) is 0. The Hall–Kier alpha value is -0.800. The first-order valence-electron chi connectivity index (χ1n) is 5.96. The molecule has 1 aliphatic heterocycles. The van der Waals surface area contributed by atoms with Crippen molar-refractivity contribution in [2.75, 3.05) is 13.7 Å². The number of piperidine rings is 1. The van der Waals surface area contributed by atoms with E-state index in [0.717, 1.165) is 24.9 Å². The number of hydrogen-bond donors (Lipinski definition) is 1. The van der Waals surface area contributed by atoms with E-state index in [2.05, 4.69) is 5.32 Å². The molecule has 1 unspecified atom stereocenters. The summed E-state index contributed by atoms with van der Waals surface area (Å²) in [5.41, 5.74) is 0.933. The molecular weight excluding hydrogens is 241 g/mol. The Morgan fingerprint density at radius 2 is 2.29 bits per heavy atom. The number of benzene rings is 1. The highest BCUT2D eigenvalue weighted by atomic mass is 35.5. The third-order valence-corrected chi connectivity index (χ3v) is 3.54. The third-order valence-electron chi connectivity index (χ3n) is 3.17. The first-order valence-corrected chi connectivity index (χ1v) is 6.34. The lowest BCUT2D eigenvalue weighted by Crippen LogP contribution is -2.35. The van der Waals surface area contributed by atoms with Gasteiger partial charge in [-0.1, -0.05) is 18.0 Å². The molecule has 0 aromatic heterocycles. The van der Waals surface area contributed by atoms with Crippen LogP contribution in [-0.2, 0) is 6.42 Å². The van der Waals surface area contributed by atoms with Gasteiger partial charge in [0.25, 0.3) is 0 Å². The van der Waals surface area contributed by atoms with E-state index in [1.54, 1.807) is 0 Å². The number of halogens is 2. The zero-order valence-corrected chi connectivity index (χ0v) is 10.7. The molecule has 0 saturated carbocycles. The predicted octanol–water partition coefficient (Wildman–Crippen LogP) is 3.17. The minimum atomic E-state index is -0.406. The van der Waals surface area contributed by atoms with Crippen LogP contribution in [0.4, 0.5) is 4.39 Å². The second kappa shape index (κ2) is 5.69. The van der Waals surface area contributed by atoms with E-state index in [9.17, 15) is 4.39 Å². The van der Waals surface area contributed by atoms with E-state index in [4.69, 9.17) is 16.3 Å². The minimum Gasteiger partial charge on any atom is -0.495 e. The maximum Gasteiger partial charge on any atom is 0.145 e. The van der Waals surface area contributed by atoms with Crippen molar-refractivity contribution in [3.8, 4) is 5.75 Å². The number of nitrogens with one attached hydrogen (secondary N) is 1. The number of hydrogen-bond acceptors (Lipinski definition) is 2. The van der Waals surface area contributed by atoms with Gasteiger partial charge < -0.3 is 10.1 Å². The summed E-state index contributed by atoms with van der Waals surface area (Å²) in [7, 11) is 1.50. The van der Waals surface area contributed by atoms with Crippen LogP contribution in [0.1, 0.15) is 24.8 Å². The standard InChI is InChI=1S/C13H17ClFNO/c1-17-12-8-9(7-11(15)13(12)14)6-10-4-2-3-5-16-10/h7-8,10,16H,2-6H2,1H3. The predicted molar refractivity (Wildman–Crippen MR) is 67.3 cm³/mol. The van der Waals surface area contributed by atoms with Gasteiger partial charge in [-0.2, -0.15) is 0 Å². The summed E-state index contributed by atoms with van der Waals surface area (Å²) in [6, 6.07) is 3.76. The van der Waals surface area contributed by atoms with Gasteiger partial charge in [-0.15, -0.1) is 0 Å². The van der Waals surface area contributed by atoms with E-state index < -0.39 is 5.82 Å². The van der Waals surface area contributed by atoms with Crippen LogP contribution < -0.4 is 10.1 Å². The van der Waals surface area contributed by atoms with E-state index >= 15 is 0 Å². The van der Waals surface area contributed by atoms with Crippen molar-refractivity contribution in [1.29, 1.82) is 0 Å². The van der Waals surface area contributed by atoms with E-state index in [1.807, 2.05) is 6.07 Å². The van der Waals surface area contributed by atoms with Crippen LogP contribution in [0.25, 0.3) is 0 Å². The average molecular weight is 258 g/mol. The van der Waals surface area contributed by atoms with Crippen LogP contribution >= 0.6 is 11.6 Å². The molecule has 1 aromatic carbocycles. The maximum absolute atomic E-state index is 13.5. The summed E-state index contributed by atoms with van der Waals surface area (Å²) in [5.74, 6) is 0.00861. The summed E-state index contributed by atoms with van der Waals surface area (Å²) >= 11 is 5.79. The Kier molecular flexibility index (Phi) is 4.24. The molecular formula is C13H17ClFNO. The highest BCUT2D eigenvalue weighted by Gasteiger charge is 2.15. The molecule has 2 rings (SSSR count). The van der Waals surface area contributed by atoms with Crippen LogP contribution in [-0.4, -0.2) is 19.7 Å². The monoisotopic (exact) mass is 257 g/mol. The molecule has 1 atom stereocenters. The lowest BCUT2D eigenvalue weighted by atomic mass is 9.97.